The largest absolute Gasteiger partial charge is 0.497 e. The molecular weight excluding hydrogens is 390 g/mol. The van der Waals surface area contributed by atoms with E-state index in [0.717, 1.165) is 11.3 Å². The number of rotatable bonds is 9. The predicted molar refractivity (Wildman–Crippen MR) is 113 cm³/mol. The molecule has 0 aromatic heterocycles. The van der Waals surface area contributed by atoms with Gasteiger partial charge in [-0.05, 0) is 47.5 Å². The molecule has 1 N–H and O–H groups in total. The van der Waals surface area contributed by atoms with Gasteiger partial charge in [0.05, 0.1) is 25.7 Å². The first-order chi connectivity index (χ1) is 14.0. The van der Waals surface area contributed by atoms with Crippen LogP contribution in [0.1, 0.15) is 11.1 Å². The van der Waals surface area contributed by atoms with Gasteiger partial charge in [-0.3, -0.25) is 4.72 Å². The van der Waals surface area contributed by atoms with E-state index in [2.05, 4.69) is 4.72 Å². The second-order valence-corrected chi connectivity index (χ2v) is 8.07. The third-order valence-electron chi connectivity index (χ3n) is 4.19. The van der Waals surface area contributed by atoms with Crippen LogP contribution in [0.25, 0.3) is 0 Å². The summed E-state index contributed by atoms with van der Waals surface area (Å²) in [7, 11) is -0.494. The normalized spacial score (nSPS) is 11.0. The van der Waals surface area contributed by atoms with Crippen molar-refractivity contribution >= 4 is 15.7 Å². The Morgan fingerprint density at radius 1 is 0.793 bits per heavy atom. The van der Waals surface area contributed by atoms with E-state index in [4.69, 9.17) is 14.2 Å². The summed E-state index contributed by atoms with van der Waals surface area (Å²) in [4.78, 5) is 0. The van der Waals surface area contributed by atoms with Gasteiger partial charge in [0.25, 0.3) is 0 Å². The van der Waals surface area contributed by atoms with E-state index in [-0.39, 0.29) is 12.4 Å². The molecule has 0 aliphatic rings. The molecule has 0 radical (unpaired) electrons. The van der Waals surface area contributed by atoms with Gasteiger partial charge >= 0.3 is 0 Å². The number of anilines is 1. The van der Waals surface area contributed by atoms with Gasteiger partial charge in [-0.15, -0.1) is 0 Å². The second kappa shape index (κ2) is 9.34. The zero-order valence-corrected chi connectivity index (χ0v) is 17.1. The highest BCUT2D eigenvalue weighted by Crippen LogP contribution is 2.28. The van der Waals surface area contributed by atoms with Crippen LogP contribution < -0.4 is 18.9 Å². The summed E-state index contributed by atoms with van der Waals surface area (Å²) in [6.45, 7) is 0.281. The molecule has 0 aliphatic carbocycles. The molecule has 0 aliphatic heterocycles. The van der Waals surface area contributed by atoms with E-state index in [1.54, 1.807) is 31.4 Å². The topological polar surface area (TPSA) is 73.9 Å². The number of hydrogen-bond donors (Lipinski definition) is 1. The van der Waals surface area contributed by atoms with Crippen molar-refractivity contribution in [2.24, 2.45) is 0 Å². The van der Waals surface area contributed by atoms with Crippen LogP contribution in [-0.4, -0.2) is 22.6 Å². The molecule has 3 aromatic rings. The number of benzene rings is 3. The smallest absolute Gasteiger partial charge is 0.237 e. The minimum Gasteiger partial charge on any atom is -0.497 e. The first kappa shape index (κ1) is 20.5. The number of nitrogens with one attached hydrogen (secondary N) is 1. The summed E-state index contributed by atoms with van der Waals surface area (Å²) in [5.74, 6) is 1.75. The monoisotopic (exact) mass is 413 g/mol. The maximum atomic E-state index is 12.6. The number of sulfonamides is 1. The van der Waals surface area contributed by atoms with Crippen molar-refractivity contribution in [3.63, 3.8) is 0 Å². The van der Waals surface area contributed by atoms with Crippen LogP contribution in [0.2, 0.25) is 0 Å². The average molecular weight is 413 g/mol. The van der Waals surface area contributed by atoms with Crippen LogP contribution in [0, 0.1) is 0 Å². The van der Waals surface area contributed by atoms with Crippen LogP contribution in [0.4, 0.5) is 5.69 Å². The summed E-state index contributed by atoms with van der Waals surface area (Å²) in [6.07, 6.45) is 0. The lowest BCUT2D eigenvalue weighted by Gasteiger charge is -2.14. The van der Waals surface area contributed by atoms with Crippen LogP contribution in [0.15, 0.2) is 72.8 Å². The van der Waals surface area contributed by atoms with Crippen LogP contribution >= 0.6 is 0 Å². The van der Waals surface area contributed by atoms with Crippen LogP contribution in [0.3, 0.4) is 0 Å². The fourth-order valence-electron chi connectivity index (χ4n) is 2.76. The molecule has 0 amide bonds. The zero-order valence-electron chi connectivity index (χ0n) is 16.3. The lowest BCUT2D eigenvalue weighted by molar-refractivity contribution is 0.305. The molecule has 6 nitrogen and oxygen atoms in total. The highest BCUT2D eigenvalue weighted by Gasteiger charge is 2.15. The van der Waals surface area contributed by atoms with Gasteiger partial charge in [-0.25, -0.2) is 8.42 Å². The van der Waals surface area contributed by atoms with E-state index in [1.807, 2.05) is 48.5 Å². The molecule has 0 spiro atoms. The Bertz CT molecular complexity index is 1030. The number of ether oxygens (including phenoxy) is 3. The molecule has 0 fully saturated rings. The van der Waals surface area contributed by atoms with Gasteiger partial charge in [-0.1, -0.05) is 36.4 Å². The van der Waals surface area contributed by atoms with Crippen LogP contribution in [0.5, 0.6) is 17.2 Å². The first-order valence-electron chi connectivity index (χ1n) is 8.97. The molecule has 7 heteroatoms. The van der Waals surface area contributed by atoms with Gasteiger partial charge in [0, 0.05) is 0 Å². The van der Waals surface area contributed by atoms with Crippen molar-refractivity contribution in [3.8, 4) is 17.2 Å². The van der Waals surface area contributed by atoms with Crippen molar-refractivity contribution < 1.29 is 22.6 Å². The maximum absolute atomic E-state index is 12.6. The van der Waals surface area contributed by atoms with E-state index in [9.17, 15) is 8.42 Å². The van der Waals surface area contributed by atoms with E-state index in [1.165, 1.54) is 7.11 Å². The third-order valence-corrected chi connectivity index (χ3v) is 5.44. The van der Waals surface area contributed by atoms with Crippen molar-refractivity contribution in [2.45, 2.75) is 12.4 Å². The zero-order chi connectivity index (χ0) is 20.7. The molecule has 0 bridgehead atoms. The fraction of sp³-hybridized carbons (Fsp3) is 0.182. The van der Waals surface area contributed by atoms with Crippen molar-refractivity contribution in [3.05, 3.63) is 83.9 Å². The summed E-state index contributed by atoms with van der Waals surface area (Å²) in [5, 5.41) is 0. The van der Waals surface area contributed by atoms with E-state index >= 15 is 0 Å². The Hall–Kier alpha value is -3.19. The molecule has 152 valence electrons. The maximum Gasteiger partial charge on any atom is 0.237 e. The first-order valence-corrected chi connectivity index (χ1v) is 10.6. The van der Waals surface area contributed by atoms with Gasteiger partial charge < -0.3 is 14.2 Å². The Labute approximate surface area is 171 Å². The van der Waals surface area contributed by atoms with Crippen molar-refractivity contribution in [1.82, 2.24) is 0 Å². The second-order valence-electron chi connectivity index (χ2n) is 6.35. The Kier molecular flexibility index (Phi) is 6.61. The van der Waals surface area contributed by atoms with Crippen LogP contribution in [-0.2, 0) is 22.4 Å². The molecule has 3 rings (SSSR count). The Balaban J connectivity index is 1.72. The van der Waals surface area contributed by atoms with Crippen molar-refractivity contribution in [1.29, 1.82) is 0 Å². The lowest BCUT2D eigenvalue weighted by atomic mass is 10.2. The highest BCUT2D eigenvalue weighted by atomic mass is 32.2. The van der Waals surface area contributed by atoms with E-state index in [0.29, 0.717) is 22.7 Å². The number of methoxy groups -OCH3 is 2. The highest BCUT2D eigenvalue weighted by molar-refractivity contribution is 7.91. The molecule has 0 heterocycles. The minimum absolute atomic E-state index is 0.121. The fourth-order valence-corrected chi connectivity index (χ4v) is 3.96. The Morgan fingerprint density at radius 2 is 1.48 bits per heavy atom. The number of hydrogen-bond acceptors (Lipinski definition) is 5. The molecule has 0 saturated carbocycles. The molecule has 29 heavy (non-hydrogen) atoms. The van der Waals surface area contributed by atoms with E-state index < -0.39 is 10.0 Å². The summed E-state index contributed by atoms with van der Waals surface area (Å²) in [5.41, 5.74) is 1.89. The lowest BCUT2D eigenvalue weighted by Crippen LogP contribution is -2.16. The molecule has 0 unspecified atom stereocenters. The van der Waals surface area contributed by atoms with Gasteiger partial charge in [-0.2, -0.15) is 0 Å². The predicted octanol–water partition coefficient (Wildman–Crippen LogP) is 4.22. The quantitative estimate of drug-likeness (QED) is 0.568. The molecule has 3 aromatic carbocycles. The summed E-state index contributed by atoms with van der Waals surface area (Å²) in [6, 6.07) is 21.5. The van der Waals surface area contributed by atoms with Crippen molar-refractivity contribution in [2.75, 3.05) is 18.9 Å². The molecular formula is C22H23NO5S. The summed E-state index contributed by atoms with van der Waals surface area (Å²) >= 11 is 0. The van der Waals surface area contributed by atoms with Gasteiger partial charge in [0.2, 0.25) is 10.0 Å². The minimum atomic E-state index is -3.60. The Morgan fingerprint density at radius 3 is 2.14 bits per heavy atom. The average Bonchev–Trinajstić information content (AvgIpc) is 2.73. The SMILES string of the molecule is COc1ccc(OCc2ccc(OC)c(NS(=O)(=O)Cc3ccccc3)c2)cc1. The molecule has 0 saturated heterocycles. The summed E-state index contributed by atoms with van der Waals surface area (Å²) < 4.78 is 44.0. The molecule has 0 atom stereocenters. The standard InChI is InChI=1S/C22H23NO5S/c1-26-19-9-11-20(12-10-19)28-15-18-8-13-22(27-2)21(14-18)23-29(24,25)16-17-6-4-3-5-7-17/h3-14,23H,15-16H2,1-2H3. The van der Waals surface area contributed by atoms with Gasteiger partial charge in [0.1, 0.15) is 23.9 Å². The third kappa shape index (κ3) is 5.89. The van der Waals surface area contributed by atoms with Gasteiger partial charge in [0.15, 0.2) is 0 Å².